The molecule has 6 nitrogen and oxygen atoms in total. The van der Waals surface area contributed by atoms with E-state index >= 15 is 0 Å². The van der Waals surface area contributed by atoms with E-state index in [-0.39, 0.29) is 18.4 Å². The number of likely N-dealkylation sites (N-methyl/N-ethyl adjacent to an activating group) is 1. The van der Waals surface area contributed by atoms with E-state index in [1.807, 2.05) is 30.3 Å². The highest BCUT2D eigenvalue weighted by Gasteiger charge is 2.21. The average molecular weight is 430 g/mol. The molecular formula is C21H20ClN3O3S. The van der Waals surface area contributed by atoms with Gasteiger partial charge in [-0.2, -0.15) is 0 Å². The molecule has 2 amide bonds. The zero-order valence-corrected chi connectivity index (χ0v) is 17.8. The van der Waals surface area contributed by atoms with Crippen molar-refractivity contribution in [1.82, 2.24) is 9.88 Å². The number of carbonyl (C=O) groups is 2. The van der Waals surface area contributed by atoms with Crippen LogP contribution in [-0.2, 0) is 4.79 Å². The van der Waals surface area contributed by atoms with Crippen LogP contribution in [0.25, 0.3) is 10.6 Å². The van der Waals surface area contributed by atoms with Crippen molar-refractivity contribution in [2.45, 2.75) is 6.92 Å². The summed E-state index contributed by atoms with van der Waals surface area (Å²) in [5.41, 5.74) is 2.04. The van der Waals surface area contributed by atoms with Crippen molar-refractivity contribution >= 4 is 40.4 Å². The molecule has 0 unspecified atom stereocenters. The zero-order chi connectivity index (χ0) is 21.0. The molecule has 0 radical (unpaired) electrons. The average Bonchev–Trinajstić information content (AvgIpc) is 3.09. The molecule has 0 aliphatic carbocycles. The number of rotatable bonds is 6. The van der Waals surface area contributed by atoms with E-state index in [4.69, 9.17) is 16.3 Å². The summed E-state index contributed by atoms with van der Waals surface area (Å²) in [7, 11) is 3.09. The Labute approximate surface area is 178 Å². The van der Waals surface area contributed by atoms with Gasteiger partial charge in [0.2, 0.25) is 5.91 Å². The summed E-state index contributed by atoms with van der Waals surface area (Å²) >= 11 is 7.30. The first-order valence-electron chi connectivity index (χ1n) is 8.80. The highest BCUT2D eigenvalue weighted by atomic mass is 35.5. The number of ether oxygens (including phenoxy) is 1. The fourth-order valence-corrected chi connectivity index (χ4v) is 3.97. The molecule has 1 N–H and O–H groups in total. The second kappa shape index (κ2) is 9.07. The number of halogens is 1. The number of nitrogens with zero attached hydrogens (tertiary/aromatic N) is 2. The number of hydrogen-bond acceptors (Lipinski definition) is 5. The van der Waals surface area contributed by atoms with E-state index in [0.717, 1.165) is 10.6 Å². The fraction of sp³-hybridized carbons (Fsp3) is 0.190. The highest BCUT2D eigenvalue weighted by molar-refractivity contribution is 7.17. The number of benzene rings is 2. The predicted octanol–water partition coefficient (Wildman–Crippen LogP) is 4.49. The number of aromatic nitrogens is 1. The molecule has 3 aromatic rings. The fourth-order valence-electron chi connectivity index (χ4n) is 2.73. The van der Waals surface area contributed by atoms with Crippen molar-refractivity contribution in [3.05, 3.63) is 64.1 Å². The highest BCUT2D eigenvalue weighted by Crippen LogP contribution is 2.29. The van der Waals surface area contributed by atoms with Crippen molar-refractivity contribution in [3.8, 4) is 16.3 Å². The van der Waals surface area contributed by atoms with Gasteiger partial charge in [-0.3, -0.25) is 9.59 Å². The summed E-state index contributed by atoms with van der Waals surface area (Å²) in [6.45, 7) is 1.67. The Hall–Kier alpha value is -2.90. The van der Waals surface area contributed by atoms with Crippen LogP contribution in [0.5, 0.6) is 5.75 Å². The molecule has 0 aliphatic rings. The van der Waals surface area contributed by atoms with Gasteiger partial charge in [0, 0.05) is 17.6 Å². The molecule has 0 atom stereocenters. The van der Waals surface area contributed by atoms with E-state index in [1.165, 1.54) is 23.3 Å². The standard InChI is InChI=1S/C21H20ClN3O3S/c1-13-19(29-20(23-13)14-7-5-4-6-8-14)21(27)25(2)12-18(26)24-16-11-15(22)9-10-17(16)28-3/h4-11H,12H2,1-3H3,(H,24,26). The summed E-state index contributed by atoms with van der Waals surface area (Å²) in [4.78, 5) is 31.7. The minimum Gasteiger partial charge on any atom is -0.495 e. The Morgan fingerprint density at radius 1 is 1.21 bits per heavy atom. The normalized spacial score (nSPS) is 10.5. The van der Waals surface area contributed by atoms with Crippen LogP contribution in [0.1, 0.15) is 15.4 Å². The third-order valence-electron chi connectivity index (χ3n) is 4.17. The molecule has 0 saturated heterocycles. The smallest absolute Gasteiger partial charge is 0.266 e. The lowest BCUT2D eigenvalue weighted by Gasteiger charge is -2.17. The molecule has 0 bridgehead atoms. The van der Waals surface area contributed by atoms with Crippen molar-refractivity contribution in [1.29, 1.82) is 0 Å². The van der Waals surface area contributed by atoms with Crippen molar-refractivity contribution in [2.24, 2.45) is 0 Å². The lowest BCUT2D eigenvalue weighted by atomic mass is 10.2. The molecule has 8 heteroatoms. The maximum absolute atomic E-state index is 12.8. The molecule has 1 heterocycles. The van der Waals surface area contributed by atoms with Gasteiger partial charge in [-0.25, -0.2) is 4.98 Å². The SMILES string of the molecule is COc1ccc(Cl)cc1NC(=O)CN(C)C(=O)c1sc(-c2ccccc2)nc1C. The van der Waals surface area contributed by atoms with Gasteiger partial charge < -0.3 is 15.0 Å². The van der Waals surface area contributed by atoms with Gasteiger partial charge in [-0.15, -0.1) is 11.3 Å². The van der Waals surface area contributed by atoms with Gasteiger partial charge in [0.05, 0.1) is 25.0 Å². The first-order valence-corrected chi connectivity index (χ1v) is 10.00. The number of methoxy groups -OCH3 is 1. The second-order valence-electron chi connectivity index (χ2n) is 6.35. The van der Waals surface area contributed by atoms with Crippen LogP contribution < -0.4 is 10.1 Å². The van der Waals surface area contributed by atoms with Gasteiger partial charge in [0.25, 0.3) is 5.91 Å². The molecule has 0 fully saturated rings. The lowest BCUT2D eigenvalue weighted by molar-refractivity contribution is -0.116. The van der Waals surface area contributed by atoms with Crippen LogP contribution in [0.3, 0.4) is 0 Å². The van der Waals surface area contributed by atoms with Gasteiger partial charge in [-0.05, 0) is 25.1 Å². The van der Waals surface area contributed by atoms with Gasteiger partial charge in [0.1, 0.15) is 15.6 Å². The maximum atomic E-state index is 12.8. The number of carbonyl (C=O) groups excluding carboxylic acids is 2. The van der Waals surface area contributed by atoms with Crippen molar-refractivity contribution in [3.63, 3.8) is 0 Å². The van der Waals surface area contributed by atoms with E-state index in [9.17, 15) is 9.59 Å². The van der Waals surface area contributed by atoms with Gasteiger partial charge in [0.15, 0.2) is 0 Å². The third kappa shape index (κ3) is 4.93. The Balaban J connectivity index is 1.70. The minimum atomic E-state index is -0.355. The van der Waals surface area contributed by atoms with Crippen LogP contribution in [0.4, 0.5) is 5.69 Å². The second-order valence-corrected chi connectivity index (χ2v) is 7.79. The number of aryl methyl sites for hydroxylation is 1. The van der Waals surface area contributed by atoms with Crippen molar-refractivity contribution < 1.29 is 14.3 Å². The van der Waals surface area contributed by atoms with Crippen LogP contribution in [0.2, 0.25) is 5.02 Å². The molecule has 0 spiro atoms. The Kier molecular flexibility index (Phi) is 6.51. The van der Waals surface area contributed by atoms with E-state index in [1.54, 1.807) is 32.2 Å². The maximum Gasteiger partial charge on any atom is 0.266 e. The monoisotopic (exact) mass is 429 g/mol. The van der Waals surface area contributed by atoms with Crippen LogP contribution >= 0.6 is 22.9 Å². The summed E-state index contributed by atoms with van der Waals surface area (Å²) in [6, 6.07) is 14.6. The summed E-state index contributed by atoms with van der Waals surface area (Å²) in [6.07, 6.45) is 0. The van der Waals surface area contributed by atoms with Gasteiger partial charge >= 0.3 is 0 Å². The number of hydrogen-bond donors (Lipinski definition) is 1. The molecule has 150 valence electrons. The molecule has 1 aromatic heterocycles. The summed E-state index contributed by atoms with van der Waals surface area (Å²) in [5, 5.41) is 3.97. The van der Waals surface area contributed by atoms with Crippen LogP contribution in [0, 0.1) is 6.92 Å². The third-order valence-corrected chi connectivity index (χ3v) is 5.60. The number of nitrogens with one attached hydrogen (secondary N) is 1. The Bertz CT molecular complexity index is 1040. The van der Waals surface area contributed by atoms with Crippen LogP contribution in [0.15, 0.2) is 48.5 Å². The predicted molar refractivity (Wildman–Crippen MR) is 116 cm³/mol. The summed E-state index contributed by atoms with van der Waals surface area (Å²) in [5.74, 6) is -0.121. The van der Waals surface area contributed by atoms with Gasteiger partial charge in [-0.1, -0.05) is 41.9 Å². The first-order chi connectivity index (χ1) is 13.9. The zero-order valence-electron chi connectivity index (χ0n) is 16.2. The molecule has 29 heavy (non-hydrogen) atoms. The quantitative estimate of drug-likeness (QED) is 0.626. The van der Waals surface area contributed by atoms with E-state index in [2.05, 4.69) is 10.3 Å². The number of amides is 2. The first kappa shape index (κ1) is 20.8. The lowest BCUT2D eigenvalue weighted by Crippen LogP contribution is -2.34. The molecule has 0 saturated carbocycles. The van der Waals surface area contributed by atoms with E-state index < -0.39 is 0 Å². The minimum absolute atomic E-state index is 0.119. The Morgan fingerprint density at radius 2 is 1.93 bits per heavy atom. The summed E-state index contributed by atoms with van der Waals surface area (Å²) < 4.78 is 5.22. The topological polar surface area (TPSA) is 71.5 Å². The largest absolute Gasteiger partial charge is 0.495 e. The number of anilines is 1. The molecule has 0 aliphatic heterocycles. The molecule has 2 aromatic carbocycles. The van der Waals surface area contributed by atoms with E-state index in [0.29, 0.717) is 27.0 Å². The van der Waals surface area contributed by atoms with Crippen LogP contribution in [-0.4, -0.2) is 42.4 Å². The molecular weight excluding hydrogens is 410 g/mol. The molecule has 3 rings (SSSR count). The number of thiazole rings is 1. The Morgan fingerprint density at radius 3 is 2.62 bits per heavy atom. The van der Waals surface area contributed by atoms with Crippen molar-refractivity contribution in [2.75, 3.05) is 26.0 Å².